The molecule has 4 nitrogen and oxygen atoms in total. The number of alkyl halides is 3. The van der Waals surface area contributed by atoms with Crippen molar-refractivity contribution in [2.45, 2.75) is 11.8 Å². The summed E-state index contributed by atoms with van der Waals surface area (Å²) in [5.74, 6) is -2.32. The molecule has 1 unspecified atom stereocenters. The number of carboxylic acid groups (broad SMARTS) is 1. The first kappa shape index (κ1) is 11.2. The maximum Gasteiger partial charge on any atom is 0.429 e. The molecule has 72 valence electrons. The van der Waals surface area contributed by atoms with Crippen LogP contribution in [0, 0.1) is 0 Å². The van der Waals surface area contributed by atoms with Gasteiger partial charge in [0.25, 0.3) is 5.60 Å². The molecule has 0 aliphatic carbocycles. The molecule has 0 bridgehead atoms. The number of nitrogens with one attached hydrogen (secondary N) is 1. The summed E-state index contributed by atoms with van der Waals surface area (Å²) in [6.07, 6.45) is -5.18. The van der Waals surface area contributed by atoms with E-state index in [-0.39, 0.29) is 0 Å². The average Bonchev–Trinajstić information content (AvgIpc) is 1.85. The second kappa shape index (κ2) is 3.28. The minimum Gasteiger partial charge on any atom is -0.479 e. The third kappa shape index (κ3) is 1.86. The minimum atomic E-state index is -5.18. The van der Waals surface area contributed by atoms with Gasteiger partial charge in [0.05, 0.1) is 0 Å². The van der Waals surface area contributed by atoms with Crippen molar-refractivity contribution in [1.82, 2.24) is 5.32 Å². The Hall–Kier alpha value is -0.820. The van der Waals surface area contributed by atoms with Gasteiger partial charge in [-0.25, -0.2) is 4.79 Å². The van der Waals surface area contributed by atoms with Crippen molar-refractivity contribution in [1.29, 1.82) is 0 Å². The van der Waals surface area contributed by atoms with Gasteiger partial charge in [-0.1, -0.05) is 0 Å². The van der Waals surface area contributed by atoms with Gasteiger partial charge >= 0.3 is 12.1 Å². The maximum atomic E-state index is 11.9. The lowest BCUT2D eigenvalue weighted by atomic mass is 10.0. The van der Waals surface area contributed by atoms with Crippen LogP contribution >= 0.6 is 0 Å². The maximum absolute atomic E-state index is 11.9. The first-order valence-electron chi connectivity index (χ1n) is 2.93. The first-order valence-corrected chi connectivity index (χ1v) is 2.93. The molecule has 7 heteroatoms. The fraction of sp³-hybridized carbons (Fsp3) is 0.800. The van der Waals surface area contributed by atoms with Crippen LogP contribution < -0.4 is 5.32 Å². The summed E-state index contributed by atoms with van der Waals surface area (Å²) < 4.78 is 35.6. The van der Waals surface area contributed by atoms with E-state index in [0.29, 0.717) is 0 Å². The normalized spacial score (nSPS) is 17.1. The van der Waals surface area contributed by atoms with E-state index in [1.54, 1.807) is 0 Å². The highest BCUT2D eigenvalue weighted by molar-refractivity contribution is 5.78. The van der Waals surface area contributed by atoms with Crippen molar-refractivity contribution in [2.24, 2.45) is 0 Å². The van der Waals surface area contributed by atoms with Crippen LogP contribution in [0.2, 0.25) is 0 Å². The molecule has 0 rings (SSSR count). The molecule has 0 fully saturated rings. The van der Waals surface area contributed by atoms with Gasteiger partial charge in [-0.3, -0.25) is 0 Å². The molecule has 0 aromatic heterocycles. The minimum absolute atomic E-state index is 1.08. The van der Waals surface area contributed by atoms with Gasteiger partial charge < -0.3 is 15.5 Å². The number of carbonyl (C=O) groups is 1. The molecule has 0 spiro atoms. The Morgan fingerprint density at radius 1 is 1.50 bits per heavy atom. The van der Waals surface area contributed by atoms with Crippen LogP contribution in [0.15, 0.2) is 0 Å². The van der Waals surface area contributed by atoms with Gasteiger partial charge in [-0.2, -0.15) is 13.2 Å². The molecule has 0 aromatic carbocycles. The van der Waals surface area contributed by atoms with E-state index in [4.69, 9.17) is 10.2 Å². The number of rotatable bonds is 3. The van der Waals surface area contributed by atoms with Crippen LogP contribution in [0.1, 0.15) is 0 Å². The standard InChI is InChI=1S/C5H8F3NO3/c1-9-2-4(12,3(10)11)5(6,7)8/h9,12H,2H2,1H3,(H,10,11). The zero-order valence-electron chi connectivity index (χ0n) is 6.14. The van der Waals surface area contributed by atoms with Gasteiger partial charge in [0.2, 0.25) is 0 Å². The van der Waals surface area contributed by atoms with Gasteiger partial charge in [-0.15, -0.1) is 0 Å². The van der Waals surface area contributed by atoms with E-state index in [9.17, 15) is 18.0 Å². The van der Waals surface area contributed by atoms with E-state index in [1.165, 1.54) is 0 Å². The van der Waals surface area contributed by atoms with E-state index in [2.05, 4.69) is 0 Å². The number of aliphatic hydroxyl groups is 1. The molecule has 0 aromatic rings. The number of hydrogen-bond acceptors (Lipinski definition) is 3. The second-order valence-electron chi connectivity index (χ2n) is 2.19. The zero-order chi connectivity index (χ0) is 9.99. The largest absolute Gasteiger partial charge is 0.479 e. The Balaban J connectivity index is 4.75. The summed E-state index contributed by atoms with van der Waals surface area (Å²) in [5.41, 5.74) is -3.71. The lowest BCUT2D eigenvalue weighted by Gasteiger charge is -2.25. The van der Waals surface area contributed by atoms with Gasteiger partial charge in [0.1, 0.15) is 0 Å². The van der Waals surface area contributed by atoms with E-state index in [0.717, 1.165) is 7.05 Å². The van der Waals surface area contributed by atoms with Crippen molar-refractivity contribution < 1.29 is 28.2 Å². The lowest BCUT2D eigenvalue weighted by molar-refractivity contribution is -0.257. The molecule has 3 N–H and O–H groups in total. The average molecular weight is 187 g/mol. The molecular weight excluding hydrogens is 179 g/mol. The van der Waals surface area contributed by atoms with Crippen molar-refractivity contribution >= 4 is 5.97 Å². The summed E-state index contributed by atoms with van der Waals surface area (Å²) in [6, 6.07) is 0. The predicted octanol–water partition coefficient (Wildman–Crippen LogP) is -0.416. The summed E-state index contributed by atoms with van der Waals surface area (Å²) in [6.45, 7) is -1.08. The van der Waals surface area contributed by atoms with Crippen LogP contribution in [-0.2, 0) is 4.79 Å². The summed E-state index contributed by atoms with van der Waals surface area (Å²) in [4.78, 5) is 10.0. The van der Waals surface area contributed by atoms with Crippen LogP contribution in [0.5, 0.6) is 0 Å². The molecule has 0 radical (unpaired) electrons. The highest BCUT2D eigenvalue weighted by Gasteiger charge is 2.59. The molecule has 1 atom stereocenters. The highest BCUT2D eigenvalue weighted by atomic mass is 19.4. The Bertz CT molecular complexity index is 181. The zero-order valence-corrected chi connectivity index (χ0v) is 6.14. The number of likely N-dealkylation sites (N-methyl/N-ethyl adjacent to an activating group) is 1. The summed E-state index contributed by atoms with van der Waals surface area (Å²) in [7, 11) is 1.11. The topological polar surface area (TPSA) is 69.6 Å². The molecular formula is C5H8F3NO3. The van der Waals surface area contributed by atoms with Gasteiger partial charge in [-0.05, 0) is 7.05 Å². The molecule has 0 aliphatic heterocycles. The van der Waals surface area contributed by atoms with Crippen LogP contribution in [0.3, 0.4) is 0 Å². The van der Waals surface area contributed by atoms with E-state index in [1.807, 2.05) is 5.32 Å². The summed E-state index contributed by atoms with van der Waals surface area (Å²) >= 11 is 0. The van der Waals surface area contributed by atoms with Crippen molar-refractivity contribution in [3.63, 3.8) is 0 Å². The van der Waals surface area contributed by atoms with Crippen LogP contribution in [0.4, 0.5) is 13.2 Å². The smallest absolute Gasteiger partial charge is 0.429 e. The molecule has 0 saturated carbocycles. The molecule has 0 heterocycles. The van der Waals surface area contributed by atoms with Crippen LogP contribution in [0.25, 0.3) is 0 Å². The van der Waals surface area contributed by atoms with E-state index >= 15 is 0 Å². The third-order valence-electron chi connectivity index (χ3n) is 1.26. The number of hydrogen-bond donors (Lipinski definition) is 3. The predicted molar refractivity (Wildman–Crippen MR) is 32.6 cm³/mol. The number of halogens is 3. The van der Waals surface area contributed by atoms with Crippen molar-refractivity contribution in [3.8, 4) is 0 Å². The molecule has 12 heavy (non-hydrogen) atoms. The summed E-state index contributed by atoms with van der Waals surface area (Å²) in [5, 5.41) is 18.7. The number of carboxylic acids is 1. The second-order valence-corrected chi connectivity index (χ2v) is 2.19. The van der Waals surface area contributed by atoms with Crippen molar-refractivity contribution in [2.75, 3.05) is 13.6 Å². The Morgan fingerprint density at radius 2 is 1.92 bits per heavy atom. The van der Waals surface area contributed by atoms with Gasteiger partial charge in [0, 0.05) is 6.54 Å². The monoisotopic (exact) mass is 187 g/mol. The Kier molecular flexibility index (Phi) is 3.05. The lowest BCUT2D eigenvalue weighted by Crippen LogP contribution is -2.57. The fourth-order valence-electron chi connectivity index (χ4n) is 0.553. The third-order valence-corrected chi connectivity index (χ3v) is 1.26. The first-order chi connectivity index (χ1) is 5.25. The highest BCUT2D eigenvalue weighted by Crippen LogP contribution is 2.29. The quantitative estimate of drug-likeness (QED) is 0.561. The fourth-order valence-corrected chi connectivity index (χ4v) is 0.553. The van der Waals surface area contributed by atoms with Crippen LogP contribution in [-0.4, -0.2) is 41.6 Å². The number of aliphatic carboxylic acids is 1. The molecule has 0 amide bonds. The SMILES string of the molecule is CNCC(O)(C(=O)O)C(F)(F)F. The van der Waals surface area contributed by atoms with Crippen molar-refractivity contribution in [3.05, 3.63) is 0 Å². The van der Waals surface area contributed by atoms with E-state index < -0.39 is 24.3 Å². The molecule has 0 saturated heterocycles. The molecule has 0 aliphatic rings. The Morgan fingerprint density at radius 3 is 2.00 bits per heavy atom. The Labute approximate surface area is 66.0 Å². The van der Waals surface area contributed by atoms with Gasteiger partial charge in [0.15, 0.2) is 0 Å².